The number of benzene rings is 1. The molecule has 4 nitrogen and oxygen atoms in total. The summed E-state index contributed by atoms with van der Waals surface area (Å²) in [6.07, 6.45) is -0.0484. The highest BCUT2D eigenvalue weighted by atomic mass is 35.5. The van der Waals surface area contributed by atoms with E-state index < -0.39 is 5.97 Å². The Bertz CT molecular complexity index is 608. The molecule has 0 spiro atoms. The molecule has 1 aromatic heterocycles. The van der Waals surface area contributed by atoms with Crippen LogP contribution >= 0.6 is 22.9 Å². The Morgan fingerprint density at radius 2 is 2.00 bits per heavy atom. The van der Waals surface area contributed by atoms with Crippen LogP contribution in [0.1, 0.15) is 10.6 Å². The summed E-state index contributed by atoms with van der Waals surface area (Å²) in [6, 6.07) is 7.40. The monoisotopic (exact) mass is 310 g/mol. The van der Waals surface area contributed by atoms with Crippen LogP contribution in [-0.2, 0) is 17.8 Å². The Kier molecular flexibility index (Phi) is 4.75. The molecule has 0 radical (unpaired) electrons. The highest BCUT2D eigenvalue weighted by Gasteiger charge is 2.15. The van der Waals surface area contributed by atoms with Gasteiger partial charge in [-0.15, -0.1) is 11.3 Å². The maximum absolute atomic E-state index is 10.9. The minimum Gasteiger partial charge on any atom is -0.481 e. The number of rotatable bonds is 5. The summed E-state index contributed by atoms with van der Waals surface area (Å²) in [5, 5.41) is 10.5. The van der Waals surface area contributed by atoms with Gasteiger partial charge in [-0.25, -0.2) is 4.98 Å². The van der Waals surface area contributed by atoms with Gasteiger partial charge >= 0.3 is 5.97 Å². The Balaban J connectivity index is 2.36. The van der Waals surface area contributed by atoms with Gasteiger partial charge in [0.2, 0.25) is 0 Å². The molecular weight excluding hydrogens is 296 g/mol. The molecule has 0 aliphatic rings. The van der Waals surface area contributed by atoms with Gasteiger partial charge in [0.1, 0.15) is 5.01 Å². The summed E-state index contributed by atoms with van der Waals surface area (Å²) in [4.78, 5) is 18.4. The number of hydrogen-bond acceptors (Lipinski definition) is 4. The molecule has 1 N–H and O–H groups in total. The van der Waals surface area contributed by atoms with Crippen LogP contribution in [0.2, 0.25) is 5.02 Å². The van der Waals surface area contributed by atoms with Gasteiger partial charge in [0.15, 0.2) is 0 Å². The molecule has 0 fully saturated rings. The van der Waals surface area contributed by atoms with Crippen LogP contribution in [0.4, 0.5) is 0 Å². The predicted molar refractivity (Wildman–Crippen MR) is 81.3 cm³/mol. The zero-order valence-electron chi connectivity index (χ0n) is 11.3. The number of halogens is 1. The zero-order valence-corrected chi connectivity index (χ0v) is 12.8. The van der Waals surface area contributed by atoms with Gasteiger partial charge in [-0.05, 0) is 26.2 Å². The smallest absolute Gasteiger partial charge is 0.309 e. The molecule has 0 aliphatic carbocycles. The van der Waals surface area contributed by atoms with Crippen molar-refractivity contribution in [1.82, 2.24) is 9.88 Å². The fraction of sp³-hybridized carbons (Fsp3) is 0.286. The van der Waals surface area contributed by atoms with Gasteiger partial charge < -0.3 is 10.0 Å². The molecule has 20 heavy (non-hydrogen) atoms. The number of aromatic nitrogens is 1. The van der Waals surface area contributed by atoms with Crippen molar-refractivity contribution in [1.29, 1.82) is 0 Å². The number of thiazole rings is 1. The molecule has 0 unspecified atom stereocenters. The van der Waals surface area contributed by atoms with Crippen molar-refractivity contribution >= 4 is 28.9 Å². The van der Waals surface area contributed by atoms with E-state index in [1.54, 1.807) is 12.1 Å². The highest BCUT2D eigenvalue weighted by Crippen LogP contribution is 2.30. The molecule has 6 heteroatoms. The van der Waals surface area contributed by atoms with Crippen molar-refractivity contribution in [3.8, 4) is 10.6 Å². The maximum Gasteiger partial charge on any atom is 0.309 e. The first-order valence-electron chi connectivity index (χ1n) is 6.06. The minimum absolute atomic E-state index is 0.0484. The lowest BCUT2D eigenvalue weighted by Crippen LogP contribution is -2.12. The van der Waals surface area contributed by atoms with Crippen molar-refractivity contribution in [2.24, 2.45) is 0 Å². The topological polar surface area (TPSA) is 53.4 Å². The molecule has 1 aromatic carbocycles. The van der Waals surface area contributed by atoms with Crippen molar-refractivity contribution in [2.75, 3.05) is 14.1 Å². The Labute approximate surface area is 126 Å². The molecule has 0 saturated carbocycles. The van der Waals surface area contributed by atoms with Crippen LogP contribution in [0.5, 0.6) is 0 Å². The fourth-order valence-corrected chi connectivity index (χ4v) is 3.12. The third kappa shape index (κ3) is 3.79. The summed E-state index contributed by atoms with van der Waals surface area (Å²) in [5.41, 5.74) is 1.59. The third-order valence-electron chi connectivity index (χ3n) is 2.65. The lowest BCUT2D eigenvalue weighted by atomic mass is 10.2. The molecule has 2 aromatic rings. The highest BCUT2D eigenvalue weighted by molar-refractivity contribution is 7.15. The standard InChI is InChI=1S/C14H15ClN2O2S/c1-17(2)8-12-11(7-13(18)19)16-14(20-12)9-3-5-10(15)6-4-9/h3-6H,7-8H2,1-2H3,(H,18,19). The van der Waals surface area contributed by atoms with Crippen LogP contribution in [0, 0.1) is 0 Å². The van der Waals surface area contributed by atoms with Crippen LogP contribution in [0.15, 0.2) is 24.3 Å². The van der Waals surface area contributed by atoms with Crippen LogP contribution in [0.3, 0.4) is 0 Å². The molecule has 1 heterocycles. The second-order valence-corrected chi connectivity index (χ2v) is 6.22. The first-order chi connectivity index (χ1) is 9.45. The zero-order chi connectivity index (χ0) is 14.7. The van der Waals surface area contributed by atoms with E-state index in [-0.39, 0.29) is 6.42 Å². The number of carboxylic acids is 1. The van der Waals surface area contributed by atoms with Gasteiger partial charge in [0.05, 0.1) is 12.1 Å². The molecule has 2 rings (SSSR count). The SMILES string of the molecule is CN(C)Cc1sc(-c2ccc(Cl)cc2)nc1CC(=O)O. The summed E-state index contributed by atoms with van der Waals surface area (Å²) < 4.78 is 0. The van der Waals surface area contributed by atoms with E-state index >= 15 is 0 Å². The molecule has 0 atom stereocenters. The summed E-state index contributed by atoms with van der Waals surface area (Å²) in [6.45, 7) is 0.688. The normalized spacial score (nSPS) is 11.0. The van der Waals surface area contributed by atoms with Gasteiger partial charge in [-0.2, -0.15) is 0 Å². The van der Waals surface area contributed by atoms with E-state index in [1.807, 2.05) is 31.1 Å². The van der Waals surface area contributed by atoms with Gasteiger partial charge in [0.25, 0.3) is 0 Å². The second-order valence-electron chi connectivity index (χ2n) is 4.70. The summed E-state index contributed by atoms with van der Waals surface area (Å²) in [5.74, 6) is -0.863. The average molecular weight is 311 g/mol. The quantitative estimate of drug-likeness (QED) is 0.921. The third-order valence-corrected chi connectivity index (χ3v) is 4.03. The number of carboxylic acid groups (broad SMARTS) is 1. The van der Waals surface area contributed by atoms with Crippen molar-refractivity contribution < 1.29 is 9.90 Å². The molecule has 0 amide bonds. The largest absolute Gasteiger partial charge is 0.481 e. The van der Waals surface area contributed by atoms with Gasteiger partial charge in [-0.3, -0.25) is 4.79 Å². The van der Waals surface area contributed by atoms with E-state index in [0.717, 1.165) is 15.4 Å². The maximum atomic E-state index is 10.9. The first-order valence-corrected chi connectivity index (χ1v) is 7.26. The lowest BCUT2D eigenvalue weighted by Gasteiger charge is -2.07. The predicted octanol–water partition coefficient (Wildman–Crippen LogP) is 3.15. The van der Waals surface area contributed by atoms with Crippen molar-refractivity contribution in [3.63, 3.8) is 0 Å². The number of carbonyl (C=O) groups is 1. The second kappa shape index (κ2) is 6.35. The molecule has 106 valence electrons. The van der Waals surface area contributed by atoms with E-state index in [2.05, 4.69) is 4.98 Å². The number of aliphatic carboxylic acids is 1. The van der Waals surface area contributed by atoms with E-state index in [9.17, 15) is 4.79 Å². The van der Waals surface area contributed by atoms with E-state index in [0.29, 0.717) is 17.3 Å². The van der Waals surface area contributed by atoms with E-state index in [1.165, 1.54) is 11.3 Å². The van der Waals surface area contributed by atoms with Crippen LogP contribution in [-0.4, -0.2) is 35.1 Å². The number of nitrogens with zero attached hydrogens (tertiary/aromatic N) is 2. The van der Waals surface area contributed by atoms with E-state index in [4.69, 9.17) is 16.7 Å². The van der Waals surface area contributed by atoms with Crippen LogP contribution in [0.25, 0.3) is 10.6 Å². The van der Waals surface area contributed by atoms with Crippen molar-refractivity contribution in [3.05, 3.63) is 39.9 Å². The Morgan fingerprint density at radius 1 is 1.35 bits per heavy atom. The summed E-state index contributed by atoms with van der Waals surface area (Å²) >= 11 is 7.40. The molecule has 0 aliphatic heterocycles. The fourth-order valence-electron chi connectivity index (χ4n) is 1.79. The molecule has 0 bridgehead atoms. The Hall–Kier alpha value is -1.43. The lowest BCUT2D eigenvalue weighted by molar-refractivity contribution is -0.136. The van der Waals surface area contributed by atoms with Gasteiger partial charge in [-0.1, -0.05) is 23.7 Å². The number of hydrogen-bond donors (Lipinski definition) is 1. The molecular formula is C14H15ClN2O2S. The van der Waals surface area contributed by atoms with Gasteiger partial charge in [0, 0.05) is 22.0 Å². The Morgan fingerprint density at radius 3 is 2.55 bits per heavy atom. The first kappa shape index (κ1) is 15.0. The van der Waals surface area contributed by atoms with Crippen molar-refractivity contribution in [2.45, 2.75) is 13.0 Å². The summed E-state index contributed by atoms with van der Waals surface area (Å²) in [7, 11) is 3.90. The molecule has 0 saturated heterocycles. The average Bonchev–Trinajstić information content (AvgIpc) is 2.71. The van der Waals surface area contributed by atoms with Crippen LogP contribution < -0.4 is 0 Å². The minimum atomic E-state index is -0.863.